The summed E-state index contributed by atoms with van der Waals surface area (Å²) in [6, 6.07) is 4.05. The van der Waals surface area contributed by atoms with E-state index >= 15 is 0 Å². The van der Waals surface area contributed by atoms with Crippen molar-refractivity contribution in [3.8, 4) is 0 Å². The third-order valence-corrected chi connectivity index (χ3v) is 3.64. The van der Waals surface area contributed by atoms with Crippen LogP contribution >= 0.6 is 0 Å². The summed E-state index contributed by atoms with van der Waals surface area (Å²) in [4.78, 5) is 24.5. The standard InChI is InChI=1S/C14H17FN2O3/c1-8-3-4-10(5-12(8)15)16-14(20)17-6-9(2)11(7-17)13(18)19/h3-5,9,11H,6-7H2,1-2H3,(H,16,20)(H,18,19)/t9-,11-/m1/s1. The molecule has 0 spiro atoms. The van der Waals surface area contributed by atoms with Gasteiger partial charge in [-0.15, -0.1) is 0 Å². The molecule has 0 aromatic heterocycles. The molecule has 20 heavy (non-hydrogen) atoms. The van der Waals surface area contributed by atoms with E-state index in [0.717, 1.165) is 0 Å². The maximum Gasteiger partial charge on any atom is 0.321 e. The van der Waals surface area contributed by atoms with Crippen LogP contribution in [0.5, 0.6) is 0 Å². The molecular weight excluding hydrogens is 263 g/mol. The molecule has 1 aliphatic heterocycles. The van der Waals surface area contributed by atoms with Gasteiger partial charge in [-0.2, -0.15) is 0 Å². The van der Waals surface area contributed by atoms with Crippen LogP contribution in [0.3, 0.4) is 0 Å². The van der Waals surface area contributed by atoms with Crippen molar-refractivity contribution in [2.45, 2.75) is 13.8 Å². The number of halogens is 1. The Morgan fingerprint density at radius 3 is 2.65 bits per heavy atom. The van der Waals surface area contributed by atoms with Gasteiger partial charge in [0.05, 0.1) is 5.92 Å². The second-order valence-corrected chi connectivity index (χ2v) is 5.22. The first-order chi connectivity index (χ1) is 9.38. The van der Waals surface area contributed by atoms with E-state index in [0.29, 0.717) is 17.8 Å². The lowest BCUT2D eigenvalue weighted by atomic mass is 9.99. The van der Waals surface area contributed by atoms with E-state index in [9.17, 15) is 14.0 Å². The van der Waals surface area contributed by atoms with Crippen LogP contribution in [-0.2, 0) is 4.79 Å². The maximum absolute atomic E-state index is 13.4. The fourth-order valence-corrected chi connectivity index (χ4v) is 2.33. The molecule has 2 amide bonds. The number of benzene rings is 1. The van der Waals surface area contributed by atoms with Gasteiger partial charge in [0.2, 0.25) is 0 Å². The monoisotopic (exact) mass is 280 g/mol. The van der Waals surface area contributed by atoms with Crippen LogP contribution in [0.15, 0.2) is 18.2 Å². The van der Waals surface area contributed by atoms with Gasteiger partial charge in [0.1, 0.15) is 5.82 Å². The summed E-state index contributed by atoms with van der Waals surface area (Å²) in [6.07, 6.45) is 0. The number of nitrogens with one attached hydrogen (secondary N) is 1. The number of hydrogen-bond acceptors (Lipinski definition) is 2. The van der Waals surface area contributed by atoms with E-state index in [1.807, 2.05) is 0 Å². The predicted molar refractivity (Wildman–Crippen MR) is 72.0 cm³/mol. The van der Waals surface area contributed by atoms with Crippen molar-refractivity contribution >= 4 is 17.7 Å². The lowest BCUT2D eigenvalue weighted by Crippen LogP contribution is -2.33. The molecule has 5 nitrogen and oxygen atoms in total. The first-order valence-corrected chi connectivity index (χ1v) is 6.43. The van der Waals surface area contributed by atoms with Gasteiger partial charge in [0.25, 0.3) is 0 Å². The molecule has 0 unspecified atom stereocenters. The number of carboxylic acids is 1. The molecule has 2 rings (SSSR count). The van der Waals surface area contributed by atoms with Crippen molar-refractivity contribution in [2.24, 2.45) is 11.8 Å². The average Bonchev–Trinajstić information content (AvgIpc) is 2.76. The molecule has 1 fully saturated rings. The highest BCUT2D eigenvalue weighted by Gasteiger charge is 2.36. The fraction of sp³-hybridized carbons (Fsp3) is 0.429. The van der Waals surface area contributed by atoms with Crippen LogP contribution in [0.25, 0.3) is 0 Å². The predicted octanol–water partition coefficient (Wildman–Crippen LogP) is 2.32. The first-order valence-electron chi connectivity index (χ1n) is 6.43. The molecule has 2 N–H and O–H groups in total. The summed E-state index contributed by atoms with van der Waals surface area (Å²) < 4.78 is 13.4. The van der Waals surface area contributed by atoms with Gasteiger partial charge < -0.3 is 15.3 Å². The maximum atomic E-state index is 13.4. The smallest absolute Gasteiger partial charge is 0.321 e. The number of urea groups is 1. The molecule has 2 atom stereocenters. The second-order valence-electron chi connectivity index (χ2n) is 5.22. The fourth-order valence-electron chi connectivity index (χ4n) is 2.33. The first kappa shape index (κ1) is 14.3. The zero-order chi connectivity index (χ0) is 14.9. The van der Waals surface area contributed by atoms with E-state index in [4.69, 9.17) is 5.11 Å². The Morgan fingerprint density at radius 1 is 1.40 bits per heavy atom. The van der Waals surface area contributed by atoms with Gasteiger partial charge in [-0.1, -0.05) is 13.0 Å². The van der Waals surface area contributed by atoms with Gasteiger partial charge in [0.15, 0.2) is 0 Å². The van der Waals surface area contributed by atoms with Gasteiger partial charge >= 0.3 is 12.0 Å². The molecule has 108 valence electrons. The molecule has 0 bridgehead atoms. The van der Waals surface area contributed by atoms with E-state index in [1.165, 1.54) is 11.0 Å². The van der Waals surface area contributed by atoms with Crippen LogP contribution in [0, 0.1) is 24.6 Å². The summed E-state index contributed by atoms with van der Waals surface area (Å²) in [5.74, 6) is -1.92. The Labute approximate surface area is 116 Å². The van der Waals surface area contributed by atoms with Crippen molar-refractivity contribution in [3.05, 3.63) is 29.6 Å². The van der Waals surface area contributed by atoms with Crippen molar-refractivity contribution in [1.29, 1.82) is 0 Å². The minimum atomic E-state index is -0.894. The Morgan fingerprint density at radius 2 is 2.10 bits per heavy atom. The van der Waals surface area contributed by atoms with Crippen LogP contribution in [0.2, 0.25) is 0 Å². The molecule has 1 heterocycles. The van der Waals surface area contributed by atoms with Crippen molar-refractivity contribution in [3.63, 3.8) is 0 Å². The second kappa shape index (κ2) is 5.48. The number of anilines is 1. The summed E-state index contributed by atoms with van der Waals surface area (Å²) >= 11 is 0. The summed E-state index contributed by atoms with van der Waals surface area (Å²) in [6.45, 7) is 4.01. The average molecular weight is 280 g/mol. The van der Waals surface area contributed by atoms with Crippen molar-refractivity contribution in [1.82, 2.24) is 4.90 Å². The van der Waals surface area contributed by atoms with Crippen molar-refractivity contribution < 1.29 is 19.1 Å². The minimum Gasteiger partial charge on any atom is -0.481 e. The number of carbonyl (C=O) groups is 2. The summed E-state index contributed by atoms with van der Waals surface area (Å²) in [7, 11) is 0. The summed E-state index contributed by atoms with van der Waals surface area (Å²) in [5, 5.41) is 11.6. The van der Waals surface area contributed by atoms with Gasteiger partial charge in [0, 0.05) is 18.8 Å². The number of amides is 2. The molecular formula is C14H17FN2O3. The number of rotatable bonds is 2. The Bertz CT molecular complexity index is 547. The van der Waals surface area contributed by atoms with Crippen LogP contribution < -0.4 is 5.32 Å². The van der Waals surface area contributed by atoms with Crippen LogP contribution in [0.4, 0.5) is 14.9 Å². The van der Waals surface area contributed by atoms with Crippen molar-refractivity contribution in [2.75, 3.05) is 18.4 Å². The zero-order valence-corrected chi connectivity index (χ0v) is 11.4. The third-order valence-electron chi connectivity index (χ3n) is 3.64. The topological polar surface area (TPSA) is 69.6 Å². The molecule has 1 saturated heterocycles. The largest absolute Gasteiger partial charge is 0.481 e. The van der Waals surface area contributed by atoms with Crippen LogP contribution in [0.1, 0.15) is 12.5 Å². The lowest BCUT2D eigenvalue weighted by molar-refractivity contribution is -0.142. The number of aryl methyl sites for hydroxylation is 1. The number of hydrogen-bond donors (Lipinski definition) is 2. The van der Waals surface area contributed by atoms with E-state index < -0.39 is 17.9 Å². The number of nitrogens with zero attached hydrogens (tertiary/aromatic N) is 1. The summed E-state index contributed by atoms with van der Waals surface area (Å²) in [5.41, 5.74) is 0.869. The zero-order valence-electron chi connectivity index (χ0n) is 11.4. The van der Waals surface area contributed by atoms with E-state index in [2.05, 4.69) is 5.32 Å². The normalized spacial score (nSPS) is 21.9. The van der Waals surface area contributed by atoms with Crippen LogP contribution in [-0.4, -0.2) is 35.1 Å². The highest BCUT2D eigenvalue weighted by Crippen LogP contribution is 2.24. The SMILES string of the molecule is Cc1ccc(NC(=O)N2C[C@@H](C)[C@H](C(=O)O)C2)cc1F. The number of aliphatic carboxylic acids is 1. The Hall–Kier alpha value is -2.11. The lowest BCUT2D eigenvalue weighted by Gasteiger charge is -2.17. The number of carboxylic acid groups (broad SMARTS) is 1. The van der Waals surface area contributed by atoms with Gasteiger partial charge in [-0.05, 0) is 30.5 Å². The highest BCUT2D eigenvalue weighted by molar-refractivity contribution is 5.90. The number of likely N-dealkylation sites (tertiary alicyclic amines) is 1. The quantitative estimate of drug-likeness (QED) is 0.873. The molecule has 1 aliphatic rings. The highest BCUT2D eigenvalue weighted by atomic mass is 19.1. The third kappa shape index (κ3) is 2.89. The minimum absolute atomic E-state index is 0.0898. The Kier molecular flexibility index (Phi) is 3.92. The molecule has 6 heteroatoms. The molecule has 0 aliphatic carbocycles. The molecule has 0 saturated carbocycles. The van der Waals surface area contributed by atoms with Gasteiger partial charge in [-0.3, -0.25) is 4.79 Å². The van der Waals surface area contributed by atoms with E-state index in [1.54, 1.807) is 26.0 Å². The Balaban J connectivity index is 2.02. The molecule has 1 aromatic carbocycles. The number of carbonyl (C=O) groups excluding carboxylic acids is 1. The van der Waals surface area contributed by atoms with E-state index in [-0.39, 0.29) is 18.3 Å². The van der Waals surface area contributed by atoms with Gasteiger partial charge in [-0.25, -0.2) is 9.18 Å². The molecule has 0 radical (unpaired) electrons. The molecule has 1 aromatic rings.